The molecule has 3 rings (SSSR count). The van der Waals surface area contributed by atoms with Gasteiger partial charge in [0.05, 0.1) is 12.8 Å². The molecule has 2 aromatic heterocycles. The molecule has 3 heteroatoms. The fourth-order valence-corrected chi connectivity index (χ4v) is 2.03. The summed E-state index contributed by atoms with van der Waals surface area (Å²) in [6.45, 7) is 1.59. The molecule has 0 bridgehead atoms. The monoisotopic (exact) mass is 226 g/mol. The molecule has 0 saturated heterocycles. The lowest BCUT2D eigenvalue weighted by Crippen LogP contribution is -2.12. The second-order valence-corrected chi connectivity index (χ2v) is 4.04. The van der Waals surface area contributed by atoms with Gasteiger partial charge in [-0.25, -0.2) is 0 Å². The highest BCUT2D eigenvalue weighted by Gasteiger charge is 2.01. The summed E-state index contributed by atoms with van der Waals surface area (Å²) in [7, 11) is 0. The van der Waals surface area contributed by atoms with Crippen molar-refractivity contribution in [3.05, 3.63) is 60.2 Å². The highest BCUT2D eigenvalue weighted by molar-refractivity contribution is 5.82. The number of hydrogen-bond acceptors (Lipinski definition) is 2. The number of furan rings is 1. The Morgan fingerprint density at radius 2 is 2.06 bits per heavy atom. The fourth-order valence-electron chi connectivity index (χ4n) is 2.03. The van der Waals surface area contributed by atoms with E-state index in [1.54, 1.807) is 6.26 Å². The summed E-state index contributed by atoms with van der Waals surface area (Å²) in [6.07, 6.45) is 3.67. The van der Waals surface area contributed by atoms with Crippen LogP contribution in [0.25, 0.3) is 10.9 Å². The van der Waals surface area contributed by atoms with Gasteiger partial charge in [-0.1, -0.05) is 18.2 Å². The molecule has 0 unspecified atom stereocenters. The average molecular weight is 226 g/mol. The molecule has 0 fully saturated rings. The zero-order chi connectivity index (χ0) is 11.5. The number of hydrogen-bond donors (Lipinski definition) is 2. The standard InChI is InChI=1S/C14H14N2O/c1-3-11-6-7-16-14(11)12(4-1)9-15-10-13-5-2-8-17-13/h1-8,15-16H,9-10H2. The second-order valence-electron chi connectivity index (χ2n) is 4.04. The van der Waals surface area contributed by atoms with Crippen LogP contribution in [0.5, 0.6) is 0 Å². The lowest BCUT2D eigenvalue weighted by molar-refractivity contribution is 0.483. The SMILES string of the molecule is c1coc(CNCc2cccc3cc[nH]c23)c1. The van der Waals surface area contributed by atoms with Crippen LogP contribution >= 0.6 is 0 Å². The molecular weight excluding hydrogens is 212 g/mol. The number of H-pyrrole nitrogens is 1. The first-order valence-electron chi connectivity index (χ1n) is 5.71. The lowest BCUT2D eigenvalue weighted by atomic mass is 10.1. The van der Waals surface area contributed by atoms with Gasteiger partial charge in [-0.2, -0.15) is 0 Å². The minimum absolute atomic E-state index is 0.754. The normalized spacial score (nSPS) is 11.1. The van der Waals surface area contributed by atoms with Gasteiger partial charge in [-0.05, 0) is 29.1 Å². The maximum absolute atomic E-state index is 5.27. The summed E-state index contributed by atoms with van der Waals surface area (Å²) < 4.78 is 5.27. The first kappa shape index (κ1) is 10.2. The number of aromatic amines is 1. The van der Waals surface area contributed by atoms with Gasteiger partial charge < -0.3 is 14.7 Å². The van der Waals surface area contributed by atoms with Crippen molar-refractivity contribution in [1.82, 2.24) is 10.3 Å². The quantitative estimate of drug-likeness (QED) is 0.717. The molecule has 0 aliphatic heterocycles. The van der Waals surface area contributed by atoms with Crippen molar-refractivity contribution in [2.24, 2.45) is 0 Å². The maximum Gasteiger partial charge on any atom is 0.117 e. The van der Waals surface area contributed by atoms with Gasteiger partial charge in [-0.15, -0.1) is 0 Å². The van der Waals surface area contributed by atoms with E-state index in [1.165, 1.54) is 16.5 Å². The van der Waals surface area contributed by atoms with Crippen molar-refractivity contribution >= 4 is 10.9 Å². The van der Waals surface area contributed by atoms with Crippen LogP contribution in [0.3, 0.4) is 0 Å². The molecule has 3 aromatic rings. The molecule has 1 aromatic carbocycles. The Kier molecular flexibility index (Phi) is 2.68. The summed E-state index contributed by atoms with van der Waals surface area (Å²) in [5, 5.41) is 4.62. The van der Waals surface area contributed by atoms with E-state index in [0.717, 1.165) is 18.8 Å². The van der Waals surface area contributed by atoms with Crippen molar-refractivity contribution in [1.29, 1.82) is 0 Å². The number of aromatic nitrogens is 1. The van der Waals surface area contributed by atoms with Gasteiger partial charge in [0.15, 0.2) is 0 Å². The summed E-state index contributed by atoms with van der Waals surface area (Å²) in [5.74, 6) is 0.962. The zero-order valence-corrected chi connectivity index (χ0v) is 9.44. The van der Waals surface area contributed by atoms with Crippen LogP contribution in [0.2, 0.25) is 0 Å². The minimum atomic E-state index is 0.754. The predicted octanol–water partition coefficient (Wildman–Crippen LogP) is 3.05. The molecule has 17 heavy (non-hydrogen) atoms. The summed E-state index contributed by atoms with van der Waals surface area (Å²) in [6, 6.07) is 12.3. The second kappa shape index (κ2) is 4.47. The van der Waals surface area contributed by atoms with E-state index >= 15 is 0 Å². The van der Waals surface area contributed by atoms with E-state index in [9.17, 15) is 0 Å². The molecule has 2 heterocycles. The molecule has 0 saturated carbocycles. The van der Waals surface area contributed by atoms with Gasteiger partial charge >= 0.3 is 0 Å². The van der Waals surface area contributed by atoms with E-state index in [1.807, 2.05) is 18.3 Å². The number of para-hydroxylation sites is 1. The summed E-state index contributed by atoms with van der Waals surface area (Å²) >= 11 is 0. The minimum Gasteiger partial charge on any atom is -0.468 e. The first-order valence-corrected chi connectivity index (χ1v) is 5.71. The Morgan fingerprint density at radius 1 is 1.06 bits per heavy atom. The molecule has 0 aliphatic carbocycles. The largest absolute Gasteiger partial charge is 0.468 e. The van der Waals surface area contributed by atoms with Gasteiger partial charge in [0.1, 0.15) is 5.76 Å². The zero-order valence-electron chi connectivity index (χ0n) is 9.44. The molecule has 2 N–H and O–H groups in total. The van der Waals surface area contributed by atoms with Crippen LogP contribution in [-0.2, 0) is 13.1 Å². The van der Waals surface area contributed by atoms with Crippen LogP contribution in [0, 0.1) is 0 Å². The molecule has 86 valence electrons. The lowest BCUT2D eigenvalue weighted by Gasteiger charge is -2.04. The molecular formula is C14H14N2O. The Morgan fingerprint density at radius 3 is 2.94 bits per heavy atom. The third-order valence-corrected chi connectivity index (χ3v) is 2.87. The molecule has 0 aliphatic rings. The van der Waals surface area contributed by atoms with Gasteiger partial charge in [-0.3, -0.25) is 0 Å². The van der Waals surface area contributed by atoms with Crippen LogP contribution in [0.4, 0.5) is 0 Å². The van der Waals surface area contributed by atoms with Crippen molar-refractivity contribution < 1.29 is 4.42 Å². The Bertz CT molecular complexity index is 596. The van der Waals surface area contributed by atoms with E-state index < -0.39 is 0 Å². The van der Waals surface area contributed by atoms with E-state index in [4.69, 9.17) is 4.42 Å². The highest BCUT2D eigenvalue weighted by atomic mass is 16.3. The van der Waals surface area contributed by atoms with Crippen molar-refractivity contribution in [2.45, 2.75) is 13.1 Å². The number of benzene rings is 1. The Labute approximate surface area is 99.5 Å². The van der Waals surface area contributed by atoms with Crippen molar-refractivity contribution in [3.8, 4) is 0 Å². The molecule has 0 atom stereocenters. The topological polar surface area (TPSA) is 41.0 Å². The highest BCUT2D eigenvalue weighted by Crippen LogP contribution is 2.16. The Balaban J connectivity index is 1.70. The number of nitrogens with one attached hydrogen (secondary N) is 2. The van der Waals surface area contributed by atoms with Crippen LogP contribution in [0.15, 0.2) is 53.3 Å². The average Bonchev–Trinajstić information content (AvgIpc) is 2.99. The maximum atomic E-state index is 5.27. The number of rotatable bonds is 4. The smallest absolute Gasteiger partial charge is 0.117 e. The molecule has 0 spiro atoms. The van der Waals surface area contributed by atoms with E-state index in [2.05, 4.69) is 34.6 Å². The van der Waals surface area contributed by atoms with Gasteiger partial charge in [0.25, 0.3) is 0 Å². The van der Waals surface area contributed by atoms with Crippen molar-refractivity contribution in [2.75, 3.05) is 0 Å². The molecule has 0 amide bonds. The van der Waals surface area contributed by atoms with Crippen molar-refractivity contribution in [3.63, 3.8) is 0 Å². The van der Waals surface area contributed by atoms with Crippen LogP contribution in [-0.4, -0.2) is 4.98 Å². The Hall–Kier alpha value is -2.00. The fraction of sp³-hybridized carbons (Fsp3) is 0.143. The third-order valence-electron chi connectivity index (χ3n) is 2.87. The predicted molar refractivity (Wildman–Crippen MR) is 67.6 cm³/mol. The number of fused-ring (bicyclic) bond motifs is 1. The summed E-state index contributed by atoms with van der Waals surface area (Å²) in [4.78, 5) is 3.27. The van der Waals surface area contributed by atoms with E-state index in [-0.39, 0.29) is 0 Å². The van der Waals surface area contributed by atoms with Gasteiger partial charge in [0.2, 0.25) is 0 Å². The van der Waals surface area contributed by atoms with Crippen LogP contribution in [0.1, 0.15) is 11.3 Å². The summed E-state index contributed by atoms with van der Waals surface area (Å²) in [5.41, 5.74) is 2.48. The first-order chi connectivity index (χ1) is 8.43. The van der Waals surface area contributed by atoms with Crippen LogP contribution < -0.4 is 5.32 Å². The third kappa shape index (κ3) is 2.10. The molecule has 3 nitrogen and oxygen atoms in total. The molecule has 0 radical (unpaired) electrons. The van der Waals surface area contributed by atoms with Gasteiger partial charge in [0, 0.05) is 18.3 Å². The van der Waals surface area contributed by atoms with E-state index in [0.29, 0.717) is 0 Å².